The number of hydrogen-bond acceptors (Lipinski definition) is 2. The first-order valence-corrected chi connectivity index (χ1v) is 9.99. The van der Waals surface area contributed by atoms with Crippen molar-refractivity contribution in [3.05, 3.63) is 0 Å². The quantitative estimate of drug-likeness (QED) is 0.589. The standard InChI is InChI=1S/C19H27BrO2/c1-18-9-7-12(21)10-11(18)5-6-13-14-4-3-8-19(14,2)17(20)16(22)15(13)18/h11,13-15,17H,3-10H2,1-2H3/t11-,13+,14+,15-,17+,18+,19-/m1/s1. The van der Waals surface area contributed by atoms with Gasteiger partial charge in [-0.1, -0.05) is 36.2 Å². The molecular weight excluding hydrogens is 340 g/mol. The summed E-state index contributed by atoms with van der Waals surface area (Å²) in [5.74, 6) is 2.81. The lowest BCUT2D eigenvalue weighted by Crippen LogP contribution is -2.60. The first kappa shape index (κ1) is 15.4. The van der Waals surface area contributed by atoms with Crippen molar-refractivity contribution in [1.29, 1.82) is 0 Å². The van der Waals surface area contributed by atoms with Crippen molar-refractivity contribution in [2.75, 3.05) is 0 Å². The second-order valence-electron chi connectivity index (χ2n) is 8.93. The Balaban J connectivity index is 1.74. The molecule has 0 unspecified atom stereocenters. The molecule has 122 valence electrons. The number of Topliss-reactive ketones (excluding diaryl/α,β-unsaturated/α-hetero) is 2. The first-order valence-electron chi connectivity index (χ1n) is 9.07. The fraction of sp³-hybridized carbons (Fsp3) is 0.895. The molecule has 4 saturated carbocycles. The molecule has 0 N–H and O–H groups in total. The summed E-state index contributed by atoms with van der Waals surface area (Å²) in [4.78, 5) is 25.3. The second kappa shape index (κ2) is 4.91. The van der Waals surface area contributed by atoms with Gasteiger partial charge in [0.2, 0.25) is 0 Å². The highest BCUT2D eigenvalue weighted by Crippen LogP contribution is 2.65. The van der Waals surface area contributed by atoms with E-state index in [2.05, 4.69) is 29.8 Å². The van der Waals surface area contributed by atoms with Crippen molar-refractivity contribution in [2.24, 2.45) is 34.5 Å². The number of halogens is 1. The zero-order valence-electron chi connectivity index (χ0n) is 13.7. The summed E-state index contributed by atoms with van der Waals surface area (Å²) in [5, 5.41) is 0. The van der Waals surface area contributed by atoms with Crippen molar-refractivity contribution in [2.45, 2.75) is 70.0 Å². The van der Waals surface area contributed by atoms with Crippen molar-refractivity contribution < 1.29 is 9.59 Å². The van der Waals surface area contributed by atoms with Gasteiger partial charge in [0, 0.05) is 18.8 Å². The molecular formula is C19H27BrO2. The number of ketones is 2. The van der Waals surface area contributed by atoms with Crippen LogP contribution in [0.25, 0.3) is 0 Å². The van der Waals surface area contributed by atoms with Gasteiger partial charge in [-0.05, 0) is 60.7 Å². The van der Waals surface area contributed by atoms with Crippen LogP contribution in [0.2, 0.25) is 0 Å². The number of alkyl halides is 1. The van der Waals surface area contributed by atoms with Crippen LogP contribution in [0.3, 0.4) is 0 Å². The van der Waals surface area contributed by atoms with E-state index in [0.717, 1.165) is 19.3 Å². The van der Waals surface area contributed by atoms with Crippen LogP contribution in [0.4, 0.5) is 0 Å². The summed E-state index contributed by atoms with van der Waals surface area (Å²) >= 11 is 3.81. The Bertz CT molecular complexity index is 530. The fourth-order valence-corrected chi connectivity index (χ4v) is 7.65. The van der Waals surface area contributed by atoms with Crippen LogP contribution < -0.4 is 0 Å². The third-order valence-electron chi connectivity index (χ3n) is 8.07. The lowest BCUT2D eigenvalue weighted by atomic mass is 9.45. The molecule has 0 aromatic carbocycles. The van der Waals surface area contributed by atoms with Gasteiger partial charge in [-0.25, -0.2) is 0 Å². The predicted molar refractivity (Wildman–Crippen MR) is 89.8 cm³/mol. The highest BCUT2D eigenvalue weighted by atomic mass is 79.9. The minimum atomic E-state index is 0.0296. The van der Waals surface area contributed by atoms with Crippen LogP contribution in [0.15, 0.2) is 0 Å². The van der Waals surface area contributed by atoms with Gasteiger partial charge >= 0.3 is 0 Å². The number of rotatable bonds is 0. The van der Waals surface area contributed by atoms with Gasteiger partial charge < -0.3 is 0 Å². The monoisotopic (exact) mass is 366 g/mol. The van der Waals surface area contributed by atoms with E-state index in [-0.39, 0.29) is 21.6 Å². The number of carbonyl (C=O) groups excluding carboxylic acids is 2. The van der Waals surface area contributed by atoms with Gasteiger partial charge in [-0.3, -0.25) is 9.59 Å². The molecule has 0 aromatic heterocycles. The molecule has 0 bridgehead atoms. The van der Waals surface area contributed by atoms with E-state index in [4.69, 9.17) is 0 Å². The summed E-state index contributed by atoms with van der Waals surface area (Å²) in [6.07, 6.45) is 8.46. The van der Waals surface area contributed by atoms with E-state index < -0.39 is 0 Å². The average Bonchev–Trinajstić information content (AvgIpc) is 2.88. The Hall–Kier alpha value is -0.180. The lowest BCUT2D eigenvalue weighted by Gasteiger charge is -2.59. The molecule has 0 heterocycles. The summed E-state index contributed by atoms with van der Waals surface area (Å²) in [5.41, 5.74) is 0.246. The zero-order chi connectivity index (χ0) is 15.7. The largest absolute Gasteiger partial charge is 0.300 e. The molecule has 4 aliphatic carbocycles. The highest BCUT2D eigenvalue weighted by molar-refractivity contribution is 9.10. The molecule has 0 saturated heterocycles. The summed E-state index contributed by atoms with van der Waals surface area (Å²) in [6, 6.07) is 0. The van der Waals surface area contributed by atoms with Gasteiger partial charge in [0.25, 0.3) is 0 Å². The zero-order valence-corrected chi connectivity index (χ0v) is 15.3. The van der Waals surface area contributed by atoms with Crippen LogP contribution in [0, 0.1) is 34.5 Å². The smallest absolute Gasteiger partial charge is 0.150 e. The minimum absolute atomic E-state index is 0.0296. The molecule has 0 amide bonds. The van der Waals surface area contributed by atoms with Crippen molar-refractivity contribution in [3.8, 4) is 0 Å². The summed E-state index contributed by atoms with van der Waals surface area (Å²) in [6.45, 7) is 4.67. The average molecular weight is 367 g/mol. The van der Waals surface area contributed by atoms with Gasteiger partial charge in [0.15, 0.2) is 5.78 Å². The third kappa shape index (κ3) is 1.84. The number of hydrogen-bond donors (Lipinski definition) is 0. The summed E-state index contributed by atoms with van der Waals surface area (Å²) in [7, 11) is 0. The minimum Gasteiger partial charge on any atom is -0.300 e. The van der Waals surface area contributed by atoms with Crippen LogP contribution in [0.1, 0.15) is 65.2 Å². The van der Waals surface area contributed by atoms with E-state index in [1.54, 1.807) is 0 Å². The van der Waals surface area contributed by atoms with E-state index in [0.29, 0.717) is 35.7 Å². The van der Waals surface area contributed by atoms with Gasteiger partial charge in [-0.2, -0.15) is 0 Å². The lowest BCUT2D eigenvalue weighted by molar-refractivity contribution is -0.156. The van der Waals surface area contributed by atoms with Gasteiger partial charge in [0.1, 0.15) is 5.78 Å². The Morgan fingerprint density at radius 3 is 2.59 bits per heavy atom. The highest BCUT2D eigenvalue weighted by Gasteiger charge is 2.64. The van der Waals surface area contributed by atoms with Gasteiger partial charge in [-0.15, -0.1) is 0 Å². The first-order chi connectivity index (χ1) is 10.4. The topological polar surface area (TPSA) is 34.1 Å². The van der Waals surface area contributed by atoms with E-state index in [9.17, 15) is 9.59 Å². The van der Waals surface area contributed by atoms with Gasteiger partial charge in [0.05, 0.1) is 4.83 Å². The second-order valence-corrected chi connectivity index (χ2v) is 9.85. The Kier molecular flexibility index (Phi) is 3.43. The molecule has 0 spiro atoms. The van der Waals surface area contributed by atoms with Crippen LogP contribution in [0.5, 0.6) is 0 Å². The Morgan fingerprint density at radius 2 is 1.82 bits per heavy atom. The summed E-state index contributed by atoms with van der Waals surface area (Å²) < 4.78 is 0. The molecule has 2 nitrogen and oxygen atoms in total. The van der Waals surface area contributed by atoms with E-state index in [1.165, 1.54) is 25.7 Å². The molecule has 22 heavy (non-hydrogen) atoms. The third-order valence-corrected chi connectivity index (χ3v) is 9.56. The van der Waals surface area contributed by atoms with E-state index >= 15 is 0 Å². The van der Waals surface area contributed by atoms with Crippen LogP contribution in [-0.4, -0.2) is 16.4 Å². The van der Waals surface area contributed by atoms with Crippen molar-refractivity contribution in [1.82, 2.24) is 0 Å². The molecule has 0 aliphatic heterocycles. The predicted octanol–water partition coefficient (Wildman–Crippen LogP) is 4.54. The SMILES string of the molecule is C[C@@]12CCC[C@H]1[C@@H]1CC[C@@H]3CC(=O)CC[C@]3(C)[C@H]1C(=O)[C@@H]2Br. The molecule has 0 radical (unpaired) electrons. The fourth-order valence-electron chi connectivity index (χ4n) is 6.80. The van der Waals surface area contributed by atoms with Crippen molar-refractivity contribution in [3.63, 3.8) is 0 Å². The molecule has 4 rings (SSSR count). The molecule has 3 heteroatoms. The normalized spacial score (nSPS) is 54.6. The van der Waals surface area contributed by atoms with Crippen LogP contribution in [-0.2, 0) is 9.59 Å². The number of fused-ring (bicyclic) bond motifs is 5. The molecule has 4 aliphatic rings. The Morgan fingerprint density at radius 1 is 1.05 bits per heavy atom. The molecule has 4 fully saturated rings. The maximum absolute atomic E-state index is 13.3. The number of carbonyl (C=O) groups is 2. The molecule has 0 aromatic rings. The van der Waals surface area contributed by atoms with Crippen LogP contribution >= 0.6 is 15.9 Å². The maximum Gasteiger partial charge on any atom is 0.150 e. The maximum atomic E-state index is 13.3. The Labute approximate surface area is 141 Å². The molecule has 7 atom stereocenters. The van der Waals surface area contributed by atoms with Crippen molar-refractivity contribution >= 4 is 27.5 Å². The van der Waals surface area contributed by atoms with E-state index in [1.807, 2.05) is 0 Å².